The third-order valence-corrected chi connectivity index (χ3v) is 2.87. The number of nitrogen functional groups attached to an aromatic ring is 1. The van der Waals surface area contributed by atoms with Gasteiger partial charge in [-0.3, -0.25) is 0 Å². The van der Waals surface area contributed by atoms with Crippen LogP contribution >= 0.6 is 15.9 Å². The van der Waals surface area contributed by atoms with E-state index in [-0.39, 0.29) is 24.0 Å². The van der Waals surface area contributed by atoms with E-state index in [0.717, 1.165) is 4.47 Å². The predicted molar refractivity (Wildman–Crippen MR) is 84.0 cm³/mol. The Balaban J connectivity index is 2.31. The molecule has 0 aliphatic heterocycles. The second-order valence-corrected chi connectivity index (χ2v) is 5.35. The number of ether oxygens (including phenoxy) is 2. The van der Waals surface area contributed by atoms with Gasteiger partial charge in [0.2, 0.25) is 11.9 Å². The Labute approximate surface area is 131 Å². The van der Waals surface area contributed by atoms with Crippen molar-refractivity contribution in [3.8, 4) is 11.8 Å². The van der Waals surface area contributed by atoms with E-state index in [0.29, 0.717) is 11.4 Å². The number of benzene rings is 1. The summed E-state index contributed by atoms with van der Waals surface area (Å²) < 4.78 is 11.6. The van der Waals surface area contributed by atoms with Crippen molar-refractivity contribution in [2.24, 2.45) is 0 Å². The van der Waals surface area contributed by atoms with E-state index < -0.39 is 0 Å². The van der Waals surface area contributed by atoms with Crippen molar-refractivity contribution in [2.45, 2.75) is 20.0 Å². The van der Waals surface area contributed by atoms with Crippen molar-refractivity contribution in [2.75, 3.05) is 18.2 Å². The molecule has 112 valence electrons. The second kappa shape index (κ2) is 6.57. The first-order valence-corrected chi connectivity index (χ1v) is 7.06. The second-order valence-electron chi connectivity index (χ2n) is 4.44. The molecule has 0 amide bonds. The van der Waals surface area contributed by atoms with Crippen molar-refractivity contribution in [1.82, 2.24) is 15.0 Å². The van der Waals surface area contributed by atoms with E-state index in [4.69, 9.17) is 15.2 Å². The van der Waals surface area contributed by atoms with Crippen LogP contribution in [0, 0.1) is 0 Å². The molecule has 0 radical (unpaired) electrons. The molecule has 0 bridgehead atoms. The van der Waals surface area contributed by atoms with E-state index in [1.807, 2.05) is 32.0 Å². The molecule has 7 nitrogen and oxygen atoms in total. The van der Waals surface area contributed by atoms with Crippen molar-refractivity contribution >= 4 is 33.5 Å². The smallest absolute Gasteiger partial charge is 0.323 e. The van der Waals surface area contributed by atoms with Crippen LogP contribution in [0.4, 0.5) is 17.6 Å². The van der Waals surface area contributed by atoms with E-state index in [1.165, 1.54) is 0 Å². The van der Waals surface area contributed by atoms with Gasteiger partial charge in [0.05, 0.1) is 18.9 Å². The van der Waals surface area contributed by atoms with E-state index in [1.54, 1.807) is 7.11 Å². The van der Waals surface area contributed by atoms with E-state index >= 15 is 0 Å². The summed E-state index contributed by atoms with van der Waals surface area (Å²) in [6.45, 7) is 3.76. The summed E-state index contributed by atoms with van der Waals surface area (Å²) in [4.78, 5) is 12.1. The monoisotopic (exact) mass is 353 g/mol. The van der Waals surface area contributed by atoms with Gasteiger partial charge in [-0.15, -0.1) is 0 Å². The molecule has 0 unspecified atom stereocenters. The summed E-state index contributed by atoms with van der Waals surface area (Å²) in [6.07, 6.45) is -0.0555. The molecule has 2 rings (SSSR count). The van der Waals surface area contributed by atoms with Crippen molar-refractivity contribution in [1.29, 1.82) is 0 Å². The van der Waals surface area contributed by atoms with Gasteiger partial charge in [0.15, 0.2) is 0 Å². The van der Waals surface area contributed by atoms with Gasteiger partial charge in [-0.05, 0) is 32.0 Å². The van der Waals surface area contributed by atoms with Crippen LogP contribution in [-0.2, 0) is 0 Å². The molecule has 2 aromatic rings. The van der Waals surface area contributed by atoms with Crippen LogP contribution in [-0.4, -0.2) is 28.2 Å². The Hall–Kier alpha value is -2.09. The van der Waals surface area contributed by atoms with Gasteiger partial charge in [0.1, 0.15) is 5.75 Å². The normalized spacial score (nSPS) is 10.5. The largest absolute Gasteiger partial charge is 0.495 e. The molecule has 0 fully saturated rings. The van der Waals surface area contributed by atoms with Crippen LogP contribution in [0.25, 0.3) is 0 Å². The highest BCUT2D eigenvalue weighted by molar-refractivity contribution is 9.10. The maximum atomic E-state index is 5.67. The zero-order chi connectivity index (χ0) is 15.4. The molecule has 21 heavy (non-hydrogen) atoms. The first kappa shape index (κ1) is 15.3. The summed E-state index contributed by atoms with van der Waals surface area (Å²) >= 11 is 3.40. The van der Waals surface area contributed by atoms with Crippen molar-refractivity contribution < 1.29 is 9.47 Å². The highest BCUT2D eigenvalue weighted by atomic mass is 79.9. The predicted octanol–water partition coefficient (Wildman–Crippen LogP) is 2.76. The Morgan fingerprint density at radius 3 is 2.67 bits per heavy atom. The summed E-state index contributed by atoms with van der Waals surface area (Å²) in [5, 5.41) is 3.04. The van der Waals surface area contributed by atoms with Crippen LogP contribution in [0.2, 0.25) is 0 Å². The number of nitrogens with one attached hydrogen (secondary N) is 1. The van der Waals surface area contributed by atoms with Gasteiger partial charge >= 0.3 is 6.01 Å². The minimum atomic E-state index is -0.0555. The quantitative estimate of drug-likeness (QED) is 0.852. The Kier molecular flexibility index (Phi) is 4.79. The fourth-order valence-electron chi connectivity index (χ4n) is 1.59. The summed E-state index contributed by atoms with van der Waals surface area (Å²) in [5.41, 5.74) is 6.37. The minimum absolute atomic E-state index is 0.0555. The van der Waals surface area contributed by atoms with Crippen LogP contribution in [0.3, 0.4) is 0 Å². The maximum absolute atomic E-state index is 5.67. The van der Waals surface area contributed by atoms with Crippen LogP contribution in [0.15, 0.2) is 22.7 Å². The average Bonchev–Trinajstić information content (AvgIpc) is 2.37. The number of hydrogen-bond acceptors (Lipinski definition) is 7. The molecule has 8 heteroatoms. The lowest BCUT2D eigenvalue weighted by molar-refractivity contribution is 0.222. The molecule has 0 aliphatic carbocycles. The summed E-state index contributed by atoms with van der Waals surface area (Å²) in [7, 11) is 1.59. The maximum Gasteiger partial charge on any atom is 0.323 e. The van der Waals surface area contributed by atoms with Gasteiger partial charge < -0.3 is 20.5 Å². The Morgan fingerprint density at radius 2 is 2.00 bits per heavy atom. The fourth-order valence-corrected chi connectivity index (χ4v) is 1.95. The highest BCUT2D eigenvalue weighted by Crippen LogP contribution is 2.30. The molecule has 0 aliphatic rings. The topological polar surface area (TPSA) is 95.2 Å². The molecule has 0 spiro atoms. The SMILES string of the molecule is COc1ccc(Br)cc1Nc1nc(N)nc(OC(C)C)n1. The van der Waals surface area contributed by atoms with Gasteiger partial charge in [-0.1, -0.05) is 15.9 Å². The Morgan fingerprint density at radius 1 is 1.24 bits per heavy atom. The molecule has 1 aromatic carbocycles. The molecule has 1 heterocycles. The van der Waals surface area contributed by atoms with Gasteiger partial charge in [-0.2, -0.15) is 15.0 Å². The van der Waals surface area contributed by atoms with Crippen LogP contribution in [0.1, 0.15) is 13.8 Å². The number of anilines is 3. The third kappa shape index (κ3) is 4.19. The molecular weight excluding hydrogens is 338 g/mol. The molecule has 0 atom stereocenters. The number of nitrogens with zero attached hydrogens (tertiary/aromatic N) is 3. The fraction of sp³-hybridized carbons (Fsp3) is 0.308. The number of halogens is 1. The third-order valence-electron chi connectivity index (χ3n) is 2.38. The summed E-state index contributed by atoms with van der Waals surface area (Å²) in [5.74, 6) is 1.02. The molecular formula is C13H16BrN5O2. The minimum Gasteiger partial charge on any atom is -0.495 e. The molecule has 1 aromatic heterocycles. The van der Waals surface area contributed by atoms with Gasteiger partial charge in [0, 0.05) is 4.47 Å². The molecule has 0 saturated heterocycles. The number of methoxy groups -OCH3 is 1. The van der Waals surface area contributed by atoms with Gasteiger partial charge in [-0.25, -0.2) is 0 Å². The lowest BCUT2D eigenvalue weighted by atomic mass is 10.3. The lowest BCUT2D eigenvalue weighted by Crippen LogP contribution is -2.12. The van der Waals surface area contributed by atoms with Crippen LogP contribution in [0.5, 0.6) is 11.8 Å². The molecule has 3 N–H and O–H groups in total. The Bertz CT molecular complexity index is 636. The zero-order valence-electron chi connectivity index (χ0n) is 11.9. The van der Waals surface area contributed by atoms with Crippen molar-refractivity contribution in [3.05, 3.63) is 22.7 Å². The van der Waals surface area contributed by atoms with E-state index in [2.05, 4.69) is 36.2 Å². The van der Waals surface area contributed by atoms with Gasteiger partial charge in [0.25, 0.3) is 0 Å². The first-order valence-electron chi connectivity index (χ1n) is 6.26. The lowest BCUT2D eigenvalue weighted by Gasteiger charge is -2.12. The number of aromatic nitrogens is 3. The van der Waals surface area contributed by atoms with Crippen molar-refractivity contribution in [3.63, 3.8) is 0 Å². The van der Waals surface area contributed by atoms with Crippen LogP contribution < -0.4 is 20.5 Å². The zero-order valence-corrected chi connectivity index (χ0v) is 13.5. The standard InChI is InChI=1S/C13H16BrN5O2/c1-7(2)21-13-18-11(15)17-12(19-13)16-9-6-8(14)4-5-10(9)20-3/h4-7H,1-3H3,(H3,15,16,17,18,19). The number of rotatable bonds is 5. The molecule has 0 saturated carbocycles. The van der Waals surface area contributed by atoms with E-state index in [9.17, 15) is 0 Å². The average molecular weight is 354 g/mol. The number of nitrogens with two attached hydrogens (primary N) is 1. The highest BCUT2D eigenvalue weighted by Gasteiger charge is 2.10. The first-order chi connectivity index (χ1) is 9.97. The summed E-state index contributed by atoms with van der Waals surface area (Å²) in [6, 6.07) is 5.72. The number of hydrogen-bond donors (Lipinski definition) is 2.